The van der Waals surface area contributed by atoms with Gasteiger partial charge in [-0.05, 0) is 42.4 Å². The molecule has 0 radical (unpaired) electrons. The Bertz CT molecular complexity index is 513. The van der Waals surface area contributed by atoms with E-state index in [0.29, 0.717) is 24.4 Å². The molecule has 1 aliphatic carbocycles. The fourth-order valence-electron chi connectivity index (χ4n) is 3.51. The highest BCUT2D eigenvalue weighted by Crippen LogP contribution is 2.25. The van der Waals surface area contributed by atoms with Gasteiger partial charge in [-0.2, -0.15) is 0 Å². The highest BCUT2D eigenvalue weighted by atomic mass is 16.5. The number of carbonyl (C=O) groups is 1. The molecule has 0 aliphatic heterocycles. The fraction of sp³-hybridized carbons (Fsp3) is 0.650. The van der Waals surface area contributed by atoms with Crippen molar-refractivity contribution >= 4 is 5.91 Å². The molecule has 0 saturated heterocycles. The molecule has 4 heteroatoms. The van der Waals surface area contributed by atoms with Crippen LogP contribution in [-0.4, -0.2) is 25.6 Å². The maximum absolute atomic E-state index is 12.4. The normalized spacial score (nSPS) is 22.2. The molecule has 0 bridgehead atoms. The van der Waals surface area contributed by atoms with Gasteiger partial charge >= 0.3 is 0 Å². The first kappa shape index (κ1) is 18.8. The third-order valence-electron chi connectivity index (χ3n) is 5.09. The van der Waals surface area contributed by atoms with Gasteiger partial charge in [0.1, 0.15) is 5.75 Å². The molecule has 1 aromatic carbocycles. The number of hydrogen-bond acceptors (Lipinski definition) is 3. The lowest BCUT2D eigenvalue weighted by molar-refractivity contribution is -0.121. The number of carbonyl (C=O) groups excluding carboxylic acids is 1. The Balaban J connectivity index is 1.90. The Labute approximate surface area is 146 Å². The van der Waals surface area contributed by atoms with Gasteiger partial charge in [0.25, 0.3) is 0 Å². The Morgan fingerprint density at radius 3 is 2.46 bits per heavy atom. The number of rotatable bonds is 7. The van der Waals surface area contributed by atoms with Crippen molar-refractivity contribution in [3.63, 3.8) is 0 Å². The predicted octanol–water partition coefficient (Wildman–Crippen LogP) is 3.68. The van der Waals surface area contributed by atoms with Crippen LogP contribution in [0.2, 0.25) is 0 Å². The molecule has 3 atom stereocenters. The molecule has 24 heavy (non-hydrogen) atoms. The SMILES string of the molecule is COc1ccc(C(NC(=O)CNC2CCCCC2C)C(C)C)cc1. The number of ether oxygens (including phenoxy) is 1. The number of benzene rings is 1. The summed E-state index contributed by atoms with van der Waals surface area (Å²) < 4.78 is 5.21. The summed E-state index contributed by atoms with van der Waals surface area (Å²) in [5.74, 6) is 1.90. The first-order valence-corrected chi connectivity index (χ1v) is 9.18. The third-order valence-corrected chi connectivity index (χ3v) is 5.09. The van der Waals surface area contributed by atoms with Crippen LogP contribution >= 0.6 is 0 Å². The Kier molecular flexibility index (Phi) is 7.10. The van der Waals surface area contributed by atoms with E-state index < -0.39 is 0 Å². The van der Waals surface area contributed by atoms with Gasteiger partial charge in [0.15, 0.2) is 0 Å². The summed E-state index contributed by atoms with van der Waals surface area (Å²) >= 11 is 0. The largest absolute Gasteiger partial charge is 0.497 e. The molecule has 2 N–H and O–H groups in total. The second-order valence-electron chi connectivity index (χ2n) is 7.31. The van der Waals surface area contributed by atoms with Gasteiger partial charge in [-0.25, -0.2) is 0 Å². The first-order chi connectivity index (χ1) is 11.5. The van der Waals surface area contributed by atoms with Crippen molar-refractivity contribution < 1.29 is 9.53 Å². The molecule has 1 aromatic rings. The van der Waals surface area contributed by atoms with E-state index >= 15 is 0 Å². The van der Waals surface area contributed by atoms with E-state index in [2.05, 4.69) is 31.4 Å². The van der Waals surface area contributed by atoms with Crippen molar-refractivity contribution in [1.82, 2.24) is 10.6 Å². The van der Waals surface area contributed by atoms with Crippen LogP contribution in [0.15, 0.2) is 24.3 Å². The summed E-state index contributed by atoms with van der Waals surface area (Å²) in [6.45, 7) is 6.94. The average molecular weight is 332 g/mol. The van der Waals surface area contributed by atoms with Crippen LogP contribution in [0.1, 0.15) is 58.1 Å². The van der Waals surface area contributed by atoms with Gasteiger partial charge < -0.3 is 15.4 Å². The Hall–Kier alpha value is -1.55. The van der Waals surface area contributed by atoms with Crippen molar-refractivity contribution in [2.24, 2.45) is 11.8 Å². The minimum atomic E-state index is 0.0222. The first-order valence-electron chi connectivity index (χ1n) is 9.18. The van der Waals surface area contributed by atoms with Gasteiger partial charge in [-0.1, -0.05) is 45.7 Å². The molecule has 1 fully saturated rings. The number of nitrogens with one attached hydrogen (secondary N) is 2. The maximum atomic E-state index is 12.4. The van der Waals surface area contributed by atoms with Crippen LogP contribution in [0.25, 0.3) is 0 Å². The minimum Gasteiger partial charge on any atom is -0.497 e. The standard InChI is InChI=1S/C20H32N2O2/c1-14(2)20(16-9-11-17(24-4)12-10-16)22-19(23)13-21-18-8-6-5-7-15(18)3/h9-12,14-15,18,20-21H,5-8,13H2,1-4H3,(H,22,23). The van der Waals surface area contributed by atoms with Gasteiger partial charge in [-0.15, -0.1) is 0 Å². The summed E-state index contributed by atoms with van der Waals surface area (Å²) in [4.78, 5) is 12.4. The summed E-state index contributed by atoms with van der Waals surface area (Å²) in [5, 5.41) is 6.64. The lowest BCUT2D eigenvalue weighted by Crippen LogP contribution is -2.44. The Morgan fingerprint density at radius 2 is 1.88 bits per heavy atom. The van der Waals surface area contributed by atoms with Crippen LogP contribution in [0.3, 0.4) is 0 Å². The fourth-order valence-corrected chi connectivity index (χ4v) is 3.51. The zero-order valence-corrected chi connectivity index (χ0v) is 15.5. The maximum Gasteiger partial charge on any atom is 0.234 e. The smallest absolute Gasteiger partial charge is 0.234 e. The summed E-state index contributed by atoms with van der Waals surface area (Å²) in [6, 6.07) is 8.44. The molecular formula is C20H32N2O2. The van der Waals surface area contributed by atoms with E-state index in [9.17, 15) is 4.79 Å². The second-order valence-corrected chi connectivity index (χ2v) is 7.31. The van der Waals surface area contributed by atoms with Crippen molar-refractivity contribution in [1.29, 1.82) is 0 Å². The van der Waals surface area contributed by atoms with E-state index in [0.717, 1.165) is 11.3 Å². The number of hydrogen-bond donors (Lipinski definition) is 2. The lowest BCUT2D eigenvalue weighted by Gasteiger charge is -2.30. The number of methoxy groups -OCH3 is 1. The third kappa shape index (κ3) is 5.23. The summed E-state index contributed by atoms with van der Waals surface area (Å²) in [6.07, 6.45) is 5.03. The van der Waals surface area contributed by atoms with Gasteiger partial charge in [0.05, 0.1) is 19.7 Å². The highest BCUT2D eigenvalue weighted by Gasteiger charge is 2.23. The highest BCUT2D eigenvalue weighted by molar-refractivity contribution is 5.78. The molecule has 1 amide bonds. The topological polar surface area (TPSA) is 50.4 Å². The molecule has 0 aromatic heterocycles. The van der Waals surface area contributed by atoms with Crippen molar-refractivity contribution in [3.8, 4) is 5.75 Å². The van der Waals surface area contributed by atoms with E-state index in [1.807, 2.05) is 24.3 Å². The van der Waals surface area contributed by atoms with Gasteiger partial charge in [-0.3, -0.25) is 4.79 Å². The predicted molar refractivity (Wildman–Crippen MR) is 98.1 cm³/mol. The van der Waals surface area contributed by atoms with Crippen LogP contribution in [-0.2, 0) is 4.79 Å². The molecular weight excluding hydrogens is 300 g/mol. The summed E-state index contributed by atoms with van der Waals surface area (Å²) in [7, 11) is 1.66. The lowest BCUT2D eigenvalue weighted by atomic mass is 9.86. The molecule has 2 rings (SSSR count). The van der Waals surface area contributed by atoms with E-state index in [1.54, 1.807) is 7.11 Å². The van der Waals surface area contributed by atoms with Crippen molar-refractivity contribution in [3.05, 3.63) is 29.8 Å². The average Bonchev–Trinajstić information content (AvgIpc) is 2.59. The van der Waals surface area contributed by atoms with Crippen LogP contribution < -0.4 is 15.4 Å². The van der Waals surface area contributed by atoms with Crippen LogP contribution in [0.5, 0.6) is 5.75 Å². The van der Waals surface area contributed by atoms with E-state index in [4.69, 9.17) is 4.74 Å². The van der Waals surface area contributed by atoms with Crippen molar-refractivity contribution in [2.75, 3.05) is 13.7 Å². The zero-order valence-electron chi connectivity index (χ0n) is 15.5. The second kappa shape index (κ2) is 9.07. The molecule has 4 nitrogen and oxygen atoms in total. The Morgan fingerprint density at radius 1 is 1.21 bits per heavy atom. The zero-order chi connectivity index (χ0) is 17.5. The molecule has 1 aliphatic rings. The molecule has 1 saturated carbocycles. The van der Waals surface area contributed by atoms with Crippen LogP contribution in [0.4, 0.5) is 0 Å². The molecule has 134 valence electrons. The molecule has 0 heterocycles. The van der Waals surface area contributed by atoms with Gasteiger partial charge in [0.2, 0.25) is 5.91 Å². The molecule has 3 unspecified atom stereocenters. The monoisotopic (exact) mass is 332 g/mol. The van der Waals surface area contributed by atoms with E-state index in [-0.39, 0.29) is 11.9 Å². The van der Waals surface area contributed by atoms with Crippen molar-refractivity contribution in [2.45, 2.75) is 58.5 Å². The quantitative estimate of drug-likeness (QED) is 0.801. The minimum absolute atomic E-state index is 0.0222. The number of amides is 1. The van der Waals surface area contributed by atoms with Crippen LogP contribution in [0, 0.1) is 11.8 Å². The molecule has 0 spiro atoms. The van der Waals surface area contributed by atoms with Gasteiger partial charge in [0, 0.05) is 6.04 Å². The van der Waals surface area contributed by atoms with E-state index in [1.165, 1.54) is 25.7 Å². The summed E-state index contributed by atoms with van der Waals surface area (Å²) in [5.41, 5.74) is 1.12.